The SMILES string of the molecule is Cc1noc(C)c1CNC(C)C(=O)NCc1ccco1. The molecular weight excluding hydrogens is 258 g/mol. The van der Waals surface area contributed by atoms with Crippen LogP contribution in [0.2, 0.25) is 0 Å². The smallest absolute Gasteiger partial charge is 0.237 e. The van der Waals surface area contributed by atoms with E-state index in [4.69, 9.17) is 8.94 Å². The first kappa shape index (κ1) is 14.3. The average molecular weight is 277 g/mol. The molecule has 0 fully saturated rings. The lowest BCUT2D eigenvalue weighted by molar-refractivity contribution is -0.123. The zero-order chi connectivity index (χ0) is 14.5. The third-order valence-electron chi connectivity index (χ3n) is 3.18. The van der Waals surface area contributed by atoms with Crippen molar-refractivity contribution >= 4 is 5.91 Å². The third-order valence-corrected chi connectivity index (χ3v) is 3.18. The molecule has 0 aromatic carbocycles. The van der Waals surface area contributed by atoms with E-state index in [2.05, 4.69) is 15.8 Å². The lowest BCUT2D eigenvalue weighted by atomic mass is 10.2. The Balaban J connectivity index is 1.79. The number of hydrogen-bond donors (Lipinski definition) is 2. The highest BCUT2D eigenvalue weighted by Crippen LogP contribution is 2.11. The van der Waals surface area contributed by atoms with Crippen molar-refractivity contribution in [2.45, 2.75) is 39.9 Å². The summed E-state index contributed by atoms with van der Waals surface area (Å²) in [5.41, 5.74) is 1.84. The molecule has 6 nitrogen and oxygen atoms in total. The fraction of sp³-hybridized carbons (Fsp3) is 0.429. The fourth-order valence-electron chi connectivity index (χ4n) is 1.84. The van der Waals surface area contributed by atoms with E-state index in [1.165, 1.54) is 0 Å². The van der Waals surface area contributed by atoms with Gasteiger partial charge >= 0.3 is 0 Å². The number of rotatable bonds is 6. The molecule has 1 unspecified atom stereocenters. The number of carbonyl (C=O) groups excluding carboxylic acids is 1. The van der Waals surface area contributed by atoms with E-state index in [1.807, 2.05) is 26.8 Å². The van der Waals surface area contributed by atoms with Crippen LogP contribution in [-0.2, 0) is 17.9 Å². The van der Waals surface area contributed by atoms with Gasteiger partial charge in [0.1, 0.15) is 11.5 Å². The van der Waals surface area contributed by atoms with Crippen LogP contribution in [0.5, 0.6) is 0 Å². The van der Waals surface area contributed by atoms with Gasteiger partial charge in [-0.25, -0.2) is 0 Å². The van der Waals surface area contributed by atoms with Crippen LogP contribution in [0.1, 0.15) is 29.7 Å². The van der Waals surface area contributed by atoms with Gasteiger partial charge in [0.05, 0.1) is 24.5 Å². The zero-order valence-electron chi connectivity index (χ0n) is 11.9. The monoisotopic (exact) mass is 277 g/mol. The van der Waals surface area contributed by atoms with Gasteiger partial charge in [-0.1, -0.05) is 5.16 Å². The second-order valence-electron chi connectivity index (χ2n) is 4.70. The number of furan rings is 1. The molecule has 0 saturated carbocycles. The van der Waals surface area contributed by atoms with E-state index in [0.717, 1.165) is 22.8 Å². The topological polar surface area (TPSA) is 80.3 Å². The van der Waals surface area contributed by atoms with Crippen molar-refractivity contribution in [3.63, 3.8) is 0 Å². The summed E-state index contributed by atoms with van der Waals surface area (Å²) in [5, 5.41) is 9.84. The average Bonchev–Trinajstić information content (AvgIpc) is 3.05. The molecule has 1 atom stereocenters. The number of aryl methyl sites for hydroxylation is 2. The summed E-state index contributed by atoms with van der Waals surface area (Å²) < 4.78 is 10.2. The van der Waals surface area contributed by atoms with Crippen LogP contribution in [0, 0.1) is 13.8 Å². The molecule has 2 aromatic rings. The van der Waals surface area contributed by atoms with Crippen molar-refractivity contribution in [2.75, 3.05) is 0 Å². The molecule has 1 amide bonds. The fourth-order valence-corrected chi connectivity index (χ4v) is 1.84. The van der Waals surface area contributed by atoms with Gasteiger partial charge in [-0.3, -0.25) is 4.79 Å². The minimum absolute atomic E-state index is 0.0758. The highest BCUT2D eigenvalue weighted by molar-refractivity contribution is 5.81. The molecule has 20 heavy (non-hydrogen) atoms. The molecule has 0 radical (unpaired) electrons. The summed E-state index contributed by atoms with van der Waals surface area (Å²) in [4.78, 5) is 11.9. The predicted molar refractivity (Wildman–Crippen MR) is 72.8 cm³/mol. The van der Waals surface area contributed by atoms with Gasteiger partial charge in [0.15, 0.2) is 0 Å². The number of nitrogens with one attached hydrogen (secondary N) is 2. The maximum Gasteiger partial charge on any atom is 0.237 e. The van der Waals surface area contributed by atoms with Crippen LogP contribution in [0.15, 0.2) is 27.3 Å². The highest BCUT2D eigenvalue weighted by atomic mass is 16.5. The zero-order valence-corrected chi connectivity index (χ0v) is 11.9. The lowest BCUT2D eigenvalue weighted by Gasteiger charge is -2.13. The number of nitrogens with zero attached hydrogens (tertiary/aromatic N) is 1. The van der Waals surface area contributed by atoms with Gasteiger partial charge in [0, 0.05) is 12.1 Å². The Kier molecular flexibility index (Phi) is 4.57. The molecule has 2 aromatic heterocycles. The van der Waals surface area contributed by atoms with Crippen molar-refractivity contribution in [1.29, 1.82) is 0 Å². The van der Waals surface area contributed by atoms with Crippen LogP contribution in [0.3, 0.4) is 0 Å². The Morgan fingerprint density at radius 3 is 2.80 bits per heavy atom. The Morgan fingerprint density at radius 2 is 2.20 bits per heavy atom. The summed E-state index contributed by atoms with van der Waals surface area (Å²) in [6.07, 6.45) is 1.58. The van der Waals surface area contributed by atoms with Gasteiger partial charge in [-0.05, 0) is 32.9 Å². The minimum atomic E-state index is -0.307. The summed E-state index contributed by atoms with van der Waals surface area (Å²) in [5.74, 6) is 1.43. The maximum atomic E-state index is 11.9. The molecule has 108 valence electrons. The normalized spacial score (nSPS) is 12.3. The first-order valence-electron chi connectivity index (χ1n) is 6.53. The Labute approximate surface area is 117 Å². The van der Waals surface area contributed by atoms with E-state index < -0.39 is 0 Å². The van der Waals surface area contributed by atoms with E-state index in [9.17, 15) is 4.79 Å². The Bertz CT molecular complexity index is 541. The second-order valence-corrected chi connectivity index (χ2v) is 4.70. The van der Waals surface area contributed by atoms with Crippen molar-refractivity contribution < 1.29 is 13.7 Å². The predicted octanol–water partition coefficient (Wildman–Crippen LogP) is 1.68. The van der Waals surface area contributed by atoms with Crippen LogP contribution in [0.25, 0.3) is 0 Å². The summed E-state index contributed by atoms with van der Waals surface area (Å²) >= 11 is 0. The summed E-state index contributed by atoms with van der Waals surface area (Å²) in [6.45, 7) is 6.50. The van der Waals surface area contributed by atoms with Gasteiger partial charge in [0.2, 0.25) is 5.91 Å². The first-order valence-corrected chi connectivity index (χ1v) is 6.53. The molecule has 2 rings (SSSR count). The molecule has 2 N–H and O–H groups in total. The van der Waals surface area contributed by atoms with E-state index in [0.29, 0.717) is 13.1 Å². The minimum Gasteiger partial charge on any atom is -0.467 e. The number of carbonyl (C=O) groups is 1. The standard InChI is InChI=1S/C14H19N3O3/c1-9-13(11(3)20-17-9)8-15-10(2)14(18)16-7-12-5-4-6-19-12/h4-6,10,15H,7-8H2,1-3H3,(H,16,18). The van der Waals surface area contributed by atoms with Gasteiger partial charge in [0.25, 0.3) is 0 Å². The maximum absolute atomic E-state index is 11.9. The first-order chi connectivity index (χ1) is 9.58. The van der Waals surface area contributed by atoms with Gasteiger partial charge in [-0.15, -0.1) is 0 Å². The number of hydrogen-bond acceptors (Lipinski definition) is 5. The Hall–Kier alpha value is -2.08. The van der Waals surface area contributed by atoms with Crippen molar-refractivity contribution in [3.05, 3.63) is 41.2 Å². The van der Waals surface area contributed by atoms with Crippen molar-refractivity contribution in [3.8, 4) is 0 Å². The lowest BCUT2D eigenvalue weighted by Crippen LogP contribution is -2.41. The Morgan fingerprint density at radius 1 is 1.40 bits per heavy atom. The molecular formula is C14H19N3O3. The van der Waals surface area contributed by atoms with E-state index in [-0.39, 0.29) is 11.9 Å². The molecule has 0 saturated heterocycles. The molecule has 0 aliphatic carbocycles. The molecule has 0 bridgehead atoms. The van der Waals surface area contributed by atoms with Gasteiger partial charge in [-0.2, -0.15) is 0 Å². The quantitative estimate of drug-likeness (QED) is 0.839. The summed E-state index contributed by atoms with van der Waals surface area (Å²) in [6, 6.07) is 3.31. The van der Waals surface area contributed by atoms with E-state index >= 15 is 0 Å². The van der Waals surface area contributed by atoms with Crippen molar-refractivity contribution in [1.82, 2.24) is 15.8 Å². The number of aromatic nitrogens is 1. The van der Waals surface area contributed by atoms with Gasteiger partial charge < -0.3 is 19.6 Å². The molecule has 0 aliphatic heterocycles. The van der Waals surface area contributed by atoms with Crippen LogP contribution >= 0.6 is 0 Å². The molecule has 0 spiro atoms. The molecule has 2 heterocycles. The molecule has 6 heteroatoms. The largest absolute Gasteiger partial charge is 0.467 e. The van der Waals surface area contributed by atoms with Crippen LogP contribution in [0.4, 0.5) is 0 Å². The van der Waals surface area contributed by atoms with E-state index in [1.54, 1.807) is 12.3 Å². The highest BCUT2D eigenvalue weighted by Gasteiger charge is 2.15. The van der Waals surface area contributed by atoms with Crippen molar-refractivity contribution in [2.24, 2.45) is 0 Å². The van der Waals surface area contributed by atoms with Crippen LogP contribution < -0.4 is 10.6 Å². The second kappa shape index (κ2) is 6.38. The summed E-state index contributed by atoms with van der Waals surface area (Å²) in [7, 11) is 0. The van der Waals surface area contributed by atoms with Crippen LogP contribution in [-0.4, -0.2) is 17.1 Å². The number of amides is 1. The third kappa shape index (κ3) is 3.48. The molecule has 0 aliphatic rings.